The summed E-state index contributed by atoms with van der Waals surface area (Å²) < 4.78 is 7.00. The van der Waals surface area contributed by atoms with Crippen molar-refractivity contribution < 1.29 is 9.84 Å². The van der Waals surface area contributed by atoms with E-state index >= 15 is 0 Å². The van der Waals surface area contributed by atoms with E-state index in [-0.39, 0.29) is 18.2 Å². The molecular formula is C15H22BrNO2. The molecule has 2 rings (SSSR count). The second-order valence-corrected chi connectivity index (χ2v) is 6.06. The van der Waals surface area contributed by atoms with Crippen LogP contribution in [0.25, 0.3) is 0 Å². The summed E-state index contributed by atoms with van der Waals surface area (Å²) in [7, 11) is 0. The zero-order chi connectivity index (χ0) is 13.8. The van der Waals surface area contributed by atoms with Gasteiger partial charge in [-0.2, -0.15) is 0 Å². The van der Waals surface area contributed by atoms with E-state index in [0.717, 1.165) is 30.6 Å². The fourth-order valence-electron chi connectivity index (χ4n) is 2.52. The quantitative estimate of drug-likeness (QED) is 0.922. The summed E-state index contributed by atoms with van der Waals surface area (Å²) in [5.41, 5.74) is 1.20. The molecule has 1 aliphatic heterocycles. The van der Waals surface area contributed by atoms with Crippen molar-refractivity contribution in [2.45, 2.75) is 38.5 Å². The lowest BCUT2D eigenvalue weighted by Crippen LogP contribution is -2.48. The first-order valence-corrected chi connectivity index (χ1v) is 7.70. The van der Waals surface area contributed by atoms with Crippen LogP contribution in [0.15, 0.2) is 28.7 Å². The van der Waals surface area contributed by atoms with Gasteiger partial charge in [-0.3, -0.25) is 4.90 Å². The standard InChI is InChI=1S/C15H22BrNO2/c1-3-14(18)10-17-8-9-19-15(11(17)2)12-4-6-13(16)7-5-12/h4-7,11,14-15,18H,3,8-10H2,1-2H3. The Kier molecular flexibility index (Phi) is 5.39. The van der Waals surface area contributed by atoms with E-state index in [1.807, 2.05) is 19.1 Å². The van der Waals surface area contributed by atoms with Crippen LogP contribution in [0.1, 0.15) is 31.9 Å². The van der Waals surface area contributed by atoms with Crippen LogP contribution in [0.3, 0.4) is 0 Å². The number of morpholine rings is 1. The summed E-state index contributed by atoms with van der Waals surface area (Å²) in [6, 6.07) is 8.59. The van der Waals surface area contributed by atoms with Gasteiger partial charge in [0.1, 0.15) is 0 Å². The molecule has 0 saturated carbocycles. The van der Waals surface area contributed by atoms with Crippen molar-refractivity contribution in [1.29, 1.82) is 0 Å². The summed E-state index contributed by atoms with van der Waals surface area (Å²) in [6.45, 7) is 6.54. The summed E-state index contributed by atoms with van der Waals surface area (Å²) >= 11 is 3.45. The van der Waals surface area contributed by atoms with Crippen molar-refractivity contribution in [3.63, 3.8) is 0 Å². The molecular weight excluding hydrogens is 306 g/mol. The predicted octanol–water partition coefficient (Wildman–Crippen LogP) is 2.98. The molecule has 3 atom stereocenters. The third kappa shape index (κ3) is 3.78. The number of nitrogens with zero attached hydrogens (tertiary/aromatic N) is 1. The molecule has 106 valence electrons. The van der Waals surface area contributed by atoms with E-state index in [0.29, 0.717) is 0 Å². The molecule has 1 heterocycles. The first-order valence-electron chi connectivity index (χ1n) is 6.91. The van der Waals surface area contributed by atoms with E-state index in [2.05, 4.69) is 39.9 Å². The molecule has 0 radical (unpaired) electrons. The maximum absolute atomic E-state index is 9.83. The number of ether oxygens (including phenoxy) is 1. The molecule has 1 saturated heterocycles. The zero-order valence-corrected chi connectivity index (χ0v) is 13.1. The Morgan fingerprint density at radius 2 is 2.11 bits per heavy atom. The zero-order valence-electron chi connectivity index (χ0n) is 11.6. The molecule has 1 N–H and O–H groups in total. The number of halogens is 1. The van der Waals surface area contributed by atoms with E-state index in [9.17, 15) is 5.11 Å². The van der Waals surface area contributed by atoms with Crippen LogP contribution in [0.5, 0.6) is 0 Å². The van der Waals surface area contributed by atoms with Gasteiger partial charge in [0.2, 0.25) is 0 Å². The highest BCUT2D eigenvalue weighted by Crippen LogP contribution is 2.29. The lowest BCUT2D eigenvalue weighted by Gasteiger charge is -2.40. The number of aliphatic hydroxyl groups excluding tert-OH is 1. The lowest BCUT2D eigenvalue weighted by molar-refractivity contribution is -0.0778. The Balaban J connectivity index is 2.07. The van der Waals surface area contributed by atoms with Gasteiger partial charge in [0.15, 0.2) is 0 Å². The summed E-state index contributed by atoms with van der Waals surface area (Å²) in [4.78, 5) is 2.32. The average molecular weight is 328 g/mol. The van der Waals surface area contributed by atoms with Gasteiger partial charge in [-0.15, -0.1) is 0 Å². The molecule has 0 bridgehead atoms. The van der Waals surface area contributed by atoms with Crippen molar-refractivity contribution in [2.75, 3.05) is 19.7 Å². The molecule has 0 aliphatic carbocycles. The SMILES string of the molecule is CCC(O)CN1CCOC(c2ccc(Br)cc2)C1C. The topological polar surface area (TPSA) is 32.7 Å². The Morgan fingerprint density at radius 1 is 1.42 bits per heavy atom. The number of rotatable bonds is 4. The van der Waals surface area contributed by atoms with Gasteiger partial charge in [0, 0.05) is 23.6 Å². The van der Waals surface area contributed by atoms with Crippen molar-refractivity contribution in [2.24, 2.45) is 0 Å². The molecule has 1 fully saturated rings. The fourth-order valence-corrected chi connectivity index (χ4v) is 2.78. The summed E-state index contributed by atoms with van der Waals surface area (Å²) in [5, 5.41) is 9.83. The average Bonchev–Trinajstić information content (AvgIpc) is 2.42. The van der Waals surface area contributed by atoms with E-state index in [1.54, 1.807) is 0 Å². The number of aliphatic hydroxyl groups is 1. The van der Waals surface area contributed by atoms with Crippen LogP contribution in [0.2, 0.25) is 0 Å². The Morgan fingerprint density at radius 3 is 2.74 bits per heavy atom. The van der Waals surface area contributed by atoms with Gasteiger partial charge in [0.25, 0.3) is 0 Å². The van der Waals surface area contributed by atoms with Crippen molar-refractivity contribution in [3.05, 3.63) is 34.3 Å². The van der Waals surface area contributed by atoms with Gasteiger partial charge in [-0.1, -0.05) is 35.0 Å². The highest BCUT2D eigenvalue weighted by molar-refractivity contribution is 9.10. The van der Waals surface area contributed by atoms with E-state index in [1.165, 1.54) is 5.56 Å². The van der Waals surface area contributed by atoms with Crippen molar-refractivity contribution >= 4 is 15.9 Å². The second-order valence-electron chi connectivity index (χ2n) is 5.14. The maximum Gasteiger partial charge on any atom is 0.0977 e. The van der Waals surface area contributed by atoms with Crippen LogP contribution in [-0.4, -0.2) is 41.8 Å². The normalized spacial score (nSPS) is 26.3. The Bertz CT molecular complexity index is 396. The monoisotopic (exact) mass is 327 g/mol. The van der Waals surface area contributed by atoms with Crippen LogP contribution in [0.4, 0.5) is 0 Å². The van der Waals surface area contributed by atoms with Crippen LogP contribution in [-0.2, 0) is 4.74 Å². The van der Waals surface area contributed by atoms with Crippen molar-refractivity contribution in [3.8, 4) is 0 Å². The number of hydrogen-bond donors (Lipinski definition) is 1. The van der Waals surface area contributed by atoms with Gasteiger partial charge in [0.05, 0.1) is 18.8 Å². The molecule has 0 amide bonds. The molecule has 1 aromatic carbocycles. The third-order valence-electron chi connectivity index (χ3n) is 3.81. The highest BCUT2D eigenvalue weighted by Gasteiger charge is 2.30. The first kappa shape index (κ1) is 15.0. The van der Waals surface area contributed by atoms with Gasteiger partial charge < -0.3 is 9.84 Å². The number of hydrogen-bond acceptors (Lipinski definition) is 3. The summed E-state index contributed by atoms with van der Waals surface area (Å²) in [5.74, 6) is 0. The third-order valence-corrected chi connectivity index (χ3v) is 4.33. The van der Waals surface area contributed by atoms with Crippen molar-refractivity contribution in [1.82, 2.24) is 4.90 Å². The predicted molar refractivity (Wildman–Crippen MR) is 80.2 cm³/mol. The second kappa shape index (κ2) is 6.84. The highest BCUT2D eigenvalue weighted by atomic mass is 79.9. The largest absolute Gasteiger partial charge is 0.392 e. The molecule has 0 aromatic heterocycles. The lowest BCUT2D eigenvalue weighted by atomic mass is 10.00. The Hall–Kier alpha value is -0.420. The minimum atomic E-state index is -0.244. The first-order chi connectivity index (χ1) is 9.11. The Labute approximate surface area is 123 Å². The van der Waals surface area contributed by atoms with Crippen LogP contribution >= 0.6 is 15.9 Å². The maximum atomic E-state index is 9.83. The smallest absolute Gasteiger partial charge is 0.0977 e. The van der Waals surface area contributed by atoms with Gasteiger partial charge in [-0.05, 0) is 31.0 Å². The number of β-amino-alcohol motifs (C(OH)–C–C–N with tert-alkyl or cyclic N) is 1. The molecule has 19 heavy (non-hydrogen) atoms. The number of benzene rings is 1. The fraction of sp³-hybridized carbons (Fsp3) is 0.600. The summed E-state index contributed by atoms with van der Waals surface area (Å²) in [6.07, 6.45) is 0.643. The van der Waals surface area contributed by atoms with Gasteiger partial charge in [-0.25, -0.2) is 0 Å². The van der Waals surface area contributed by atoms with E-state index in [4.69, 9.17) is 4.74 Å². The molecule has 0 spiro atoms. The van der Waals surface area contributed by atoms with Crippen LogP contribution < -0.4 is 0 Å². The minimum Gasteiger partial charge on any atom is -0.392 e. The molecule has 1 aliphatic rings. The molecule has 1 aromatic rings. The molecule has 4 heteroatoms. The minimum absolute atomic E-state index is 0.0888. The molecule has 3 unspecified atom stereocenters. The molecule has 3 nitrogen and oxygen atoms in total. The van der Waals surface area contributed by atoms with E-state index < -0.39 is 0 Å². The van der Waals surface area contributed by atoms with Gasteiger partial charge >= 0.3 is 0 Å². The van der Waals surface area contributed by atoms with Crippen LogP contribution in [0, 0.1) is 0 Å².